The molecule has 0 radical (unpaired) electrons. The minimum Gasteiger partial charge on any atom is -0.504 e. The summed E-state index contributed by atoms with van der Waals surface area (Å²) in [5.41, 5.74) is 3.80. The lowest BCUT2D eigenvalue weighted by molar-refractivity contribution is 0.132. The molecule has 4 N–H and O–H groups in total. The molecule has 1 aromatic rings. The summed E-state index contributed by atoms with van der Waals surface area (Å²) in [5.74, 6) is 0.129. The average molecular weight is 339 g/mol. The zero-order valence-corrected chi connectivity index (χ0v) is 15.5. The Bertz CT molecular complexity index is 623. The lowest BCUT2D eigenvalue weighted by Crippen LogP contribution is -2.23. The molecule has 0 fully saturated rings. The third-order valence-corrected chi connectivity index (χ3v) is 4.11. The number of hydrogen-bond acceptors (Lipinski definition) is 6. The number of benzene rings is 1. The minimum atomic E-state index is -0.565. The van der Waals surface area contributed by atoms with Crippen LogP contribution in [-0.4, -0.2) is 35.7 Å². The third-order valence-electron chi connectivity index (χ3n) is 4.11. The second-order valence-electron chi connectivity index (χ2n) is 6.71. The Labute approximate surface area is 143 Å². The minimum absolute atomic E-state index is 0.0490. The number of aromatic hydroxyl groups is 2. The standard InChI is InChI=1S/C18H29NO5/c1-10(8-11(2)19-22)9-18(4,5)13-12(3)14(20)16(23-6)17(24-7)15(13)21/h9,11,19-22H,8H2,1-7H3/b10-9+. The van der Waals surface area contributed by atoms with Crippen molar-refractivity contribution in [1.29, 1.82) is 0 Å². The van der Waals surface area contributed by atoms with Crippen molar-refractivity contribution >= 4 is 0 Å². The van der Waals surface area contributed by atoms with E-state index in [-0.39, 0.29) is 29.0 Å². The smallest absolute Gasteiger partial charge is 0.207 e. The maximum absolute atomic E-state index is 10.7. The molecule has 6 heteroatoms. The van der Waals surface area contributed by atoms with Crippen molar-refractivity contribution in [1.82, 2.24) is 5.48 Å². The van der Waals surface area contributed by atoms with E-state index in [0.717, 1.165) is 5.57 Å². The summed E-state index contributed by atoms with van der Waals surface area (Å²) >= 11 is 0. The van der Waals surface area contributed by atoms with Crippen molar-refractivity contribution in [3.8, 4) is 23.0 Å². The maximum Gasteiger partial charge on any atom is 0.207 e. The predicted octanol–water partition coefficient (Wildman–Crippen LogP) is 3.40. The number of hydrogen-bond donors (Lipinski definition) is 4. The molecule has 0 bridgehead atoms. The second-order valence-corrected chi connectivity index (χ2v) is 6.71. The van der Waals surface area contributed by atoms with Gasteiger partial charge in [0.1, 0.15) is 0 Å². The molecule has 0 saturated heterocycles. The van der Waals surface area contributed by atoms with Crippen LogP contribution in [0.15, 0.2) is 11.6 Å². The Morgan fingerprint density at radius 2 is 1.67 bits per heavy atom. The van der Waals surface area contributed by atoms with Crippen LogP contribution in [0.2, 0.25) is 0 Å². The van der Waals surface area contributed by atoms with Crippen LogP contribution in [-0.2, 0) is 5.41 Å². The Kier molecular flexibility index (Phi) is 6.51. The highest BCUT2D eigenvalue weighted by molar-refractivity contribution is 5.68. The van der Waals surface area contributed by atoms with E-state index in [0.29, 0.717) is 17.5 Å². The molecule has 0 aliphatic rings. The Hall–Kier alpha value is -1.92. The van der Waals surface area contributed by atoms with Gasteiger partial charge >= 0.3 is 0 Å². The van der Waals surface area contributed by atoms with E-state index in [4.69, 9.17) is 14.7 Å². The molecule has 1 aromatic carbocycles. The van der Waals surface area contributed by atoms with E-state index in [9.17, 15) is 10.2 Å². The fourth-order valence-electron chi connectivity index (χ4n) is 3.24. The van der Waals surface area contributed by atoms with Gasteiger partial charge in [0.15, 0.2) is 11.5 Å². The first kappa shape index (κ1) is 20.1. The van der Waals surface area contributed by atoms with Crippen molar-refractivity contribution in [2.75, 3.05) is 14.2 Å². The quantitative estimate of drug-likeness (QED) is 0.346. The molecule has 0 aliphatic heterocycles. The van der Waals surface area contributed by atoms with E-state index < -0.39 is 5.41 Å². The van der Waals surface area contributed by atoms with Gasteiger partial charge in [0.25, 0.3) is 0 Å². The van der Waals surface area contributed by atoms with Crippen molar-refractivity contribution in [2.24, 2.45) is 0 Å². The molecule has 0 heterocycles. The van der Waals surface area contributed by atoms with Gasteiger partial charge in [-0.15, -0.1) is 0 Å². The molecule has 0 saturated carbocycles. The van der Waals surface area contributed by atoms with Gasteiger partial charge in [-0.25, -0.2) is 5.48 Å². The molecule has 24 heavy (non-hydrogen) atoms. The van der Waals surface area contributed by atoms with Gasteiger partial charge in [0.05, 0.1) is 14.2 Å². The van der Waals surface area contributed by atoms with Crippen molar-refractivity contribution < 1.29 is 24.9 Å². The van der Waals surface area contributed by atoms with Crippen molar-refractivity contribution in [3.63, 3.8) is 0 Å². The zero-order chi connectivity index (χ0) is 18.7. The number of phenolic OH excluding ortho intramolecular Hbond substituents is 2. The summed E-state index contributed by atoms with van der Waals surface area (Å²) < 4.78 is 10.4. The summed E-state index contributed by atoms with van der Waals surface area (Å²) in [4.78, 5) is 0. The third kappa shape index (κ3) is 3.94. The number of methoxy groups -OCH3 is 2. The molecular formula is C18H29NO5. The topological polar surface area (TPSA) is 91.2 Å². The molecule has 1 atom stereocenters. The first-order valence-corrected chi connectivity index (χ1v) is 7.85. The zero-order valence-electron chi connectivity index (χ0n) is 15.5. The first-order chi connectivity index (χ1) is 11.1. The second kappa shape index (κ2) is 7.77. The molecular weight excluding hydrogens is 310 g/mol. The molecule has 6 nitrogen and oxygen atoms in total. The van der Waals surface area contributed by atoms with E-state index in [1.54, 1.807) is 6.92 Å². The lowest BCUT2D eigenvalue weighted by atomic mass is 9.79. The number of rotatable bonds is 7. The van der Waals surface area contributed by atoms with Crippen LogP contribution in [0.4, 0.5) is 0 Å². The number of phenols is 2. The molecule has 1 unspecified atom stereocenters. The normalized spacial score (nSPS) is 13.8. The van der Waals surface area contributed by atoms with Crippen LogP contribution in [0.3, 0.4) is 0 Å². The Morgan fingerprint density at radius 1 is 1.17 bits per heavy atom. The fraction of sp³-hybridized carbons (Fsp3) is 0.556. The Balaban J connectivity index is 3.49. The fourth-order valence-corrected chi connectivity index (χ4v) is 3.24. The molecule has 0 aliphatic carbocycles. The molecule has 0 spiro atoms. The predicted molar refractivity (Wildman–Crippen MR) is 93.4 cm³/mol. The van der Waals surface area contributed by atoms with Crippen LogP contribution in [0, 0.1) is 6.92 Å². The monoisotopic (exact) mass is 339 g/mol. The average Bonchev–Trinajstić information content (AvgIpc) is 2.49. The van der Waals surface area contributed by atoms with Gasteiger partial charge in [0, 0.05) is 22.6 Å². The number of allylic oxidation sites excluding steroid dienone is 1. The van der Waals surface area contributed by atoms with E-state index in [1.165, 1.54) is 14.2 Å². The van der Waals surface area contributed by atoms with Crippen molar-refractivity contribution in [3.05, 3.63) is 22.8 Å². The highest BCUT2D eigenvalue weighted by Gasteiger charge is 2.31. The summed E-state index contributed by atoms with van der Waals surface area (Å²) in [6, 6.07) is -0.0782. The van der Waals surface area contributed by atoms with E-state index >= 15 is 0 Å². The molecule has 136 valence electrons. The molecule has 0 amide bonds. The highest BCUT2D eigenvalue weighted by atomic mass is 16.5. The number of hydroxylamine groups is 1. The van der Waals surface area contributed by atoms with Gasteiger partial charge in [-0.05, 0) is 27.2 Å². The summed E-state index contributed by atoms with van der Waals surface area (Å²) in [5, 5.41) is 30.1. The van der Waals surface area contributed by atoms with Crippen LogP contribution < -0.4 is 15.0 Å². The summed E-state index contributed by atoms with van der Waals surface area (Å²) in [6.45, 7) is 9.45. The Morgan fingerprint density at radius 3 is 2.12 bits per heavy atom. The number of nitrogens with one attached hydrogen (secondary N) is 1. The van der Waals surface area contributed by atoms with Crippen LogP contribution in [0.1, 0.15) is 45.2 Å². The SMILES string of the molecule is COc1c(O)c(C)c(C(C)(C)/C=C(\C)CC(C)NO)c(O)c1OC. The summed E-state index contributed by atoms with van der Waals surface area (Å²) in [6.07, 6.45) is 2.66. The van der Waals surface area contributed by atoms with Crippen molar-refractivity contribution in [2.45, 2.75) is 52.5 Å². The van der Waals surface area contributed by atoms with Gasteiger partial charge in [0.2, 0.25) is 11.5 Å². The van der Waals surface area contributed by atoms with E-state index in [2.05, 4.69) is 5.48 Å². The molecule has 1 rings (SSSR count). The van der Waals surface area contributed by atoms with Gasteiger partial charge in [-0.3, -0.25) is 0 Å². The lowest BCUT2D eigenvalue weighted by Gasteiger charge is -2.28. The summed E-state index contributed by atoms with van der Waals surface area (Å²) in [7, 11) is 2.83. The largest absolute Gasteiger partial charge is 0.504 e. The van der Waals surface area contributed by atoms with Crippen LogP contribution >= 0.6 is 0 Å². The van der Waals surface area contributed by atoms with Gasteiger partial charge < -0.3 is 24.9 Å². The van der Waals surface area contributed by atoms with Gasteiger partial charge in [-0.1, -0.05) is 25.5 Å². The highest BCUT2D eigenvalue weighted by Crippen LogP contribution is 2.52. The first-order valence-electron chi connectivity index (χ1n) is 7.85. The van der Waals surface area contributed by atoms with Gasteiger partial charge in [-0.2, -0.15) is 0 Å². The van der Waals surface area contributed by atoms with E-state index in [1.807, 2.05) is 33.8 Å². The number of ether oxygens (including phenoxy) is 2. The van der Waals surface area contributed by atoms with Crippen LogP contribution in [0.25, 0.3) is 0 Å². The van der Waals surface area contributed by atoms with Crippen LogP contribution in [0.5, 0.6) is 23.0 Å². The maximum atomic E-state index is 10.7. The molecule has 0 aromatic heterocycles.